The molecular weight excluding hydrogens is 769 g/mol. The van der Waals surface area contributed by atoms with Gasteiger partial charge in [-0.25, -0.2) is 4.98 Å². The number of aliphatic hydroxyl groups is 1. The molecule has 0 bridgehead atoms. The molecule has 6 atom stereocenters. The van der Waals surface area contributed by atoms with Crippen LogP contribution in [0.25, 0.3) is 0 Å². The Kier molecular flexibility index (Phi) is 21.5. The normalized spacial score (nSPS) is 14.5. The first kappa shape index (κ1) is 49.7. The molecule has 1 aromatic heterocycles. The van der Waals surface area contributed by atoms with Crippen molar-refractivity contribution in [2.75, 3.05) is 20.3 Å². The molecule has 0 aliphatic heterocycles. The summed E-state index contributed by atoms with van der Waals surface area (Å²) in [4.78, 5) is 81.9. The lowest BCUT2D eigenvalue weighted by Crippen LogP contribution is -2.56. The Morgan fingerprint density at radius 3 is 2.22 bits per heavy atom. The van der Waals surface area contributed by atoms with E-state index in [0.717, 1.165) is 30.7 Å². The maximum absolute atomic E-state index is 14.5. The van der Waals surface area contributed by atoms with Gasteiger partial charge in [0, 0.05) is 48.9 Å². The minimum atomic E-state index is -1.24. The number of nitro benzene ring substituents is 1. The van der Waals surface area contributed by atoms with Gasteiger partial charge >= 0.3 is 11.9 Å². The van der Waals surface area contributed by atoms with Crippen molar-refractivity contribution in [3.63, 3.8) is 0 Å². The van der Waals surface area contributed by atoms with E-state index in [9.17, 15) is 44.3 Å². The number of aromatic nitrogens is 1. The molecule has 58 heavy (non-hydrogen) atoms. The molecule has 3 amide bonds. The minimum Gasteiger partial charge on any atom is -0.481 e. The van der Waals surface area contributed by atoms with E-state index in [4.69, 9.17) is 4.74 Å². The number of carbonyl (C=O) groups is 5. The minimum absolute atomic E-state index is 0.00197. The van der Waals surface area contributed by atoms with E-state index in [1.165, 1.54) is 29.3 Å². The molecule has 324 valence electrons. The predicted molar refractivity (Wildman–Crippen MR) is 221 cm³/mol. The first-order chi connectivity index (χ1) is 27.4. The van der Waals surface area contributed by atoms with Gasteiger partial charge in [0.25, 0.3) is 11.6 Å². The second-order valence-electron chi connectivity index (χ2n) is 15.8. The van der Waals surface area contributed by atoms with Gasteiger partial charge in [-0.1, -0.05) is 73.4 Å². The zero-order chi connectivity index (χ0) is 43.5. The standard InChI is InChI=1S/C41H64N6O10S/c1-9-27(6)37(45-35(49)13-11-10-12-18-42-8)40(52)46(24-57-36(50)19-25(2)3)33(26(4)5)22-34(48)39-44-32(23-58-39)38(51)43-30(20-28(7)41(53)54)21-29-14-16-31(17-15-29)47(55)56/h14-17,23,25-28,30,33-34,37,42,48H,9-13,18-22,24H2,1-8H3,(H,43,51)(H,45,49)(H,53,54)/t27-,28?,30+,33+,34+,37-/m0/s1. The van der Waals surface area contributed by atoms with Gasteiger partial charge in [0.05, 0.1) is 10.8 Å². The maximum atomic E-state index is 14.5. The van der Waals surface area contributed by atoms with Crippen molar-refractivity contribution in [1.29, 1.82) is 0 Å². The number of carboxylic acid groups (broad SMARTS) is 1. The second kappa shape index (κ2) is 25.1. The van der Waals surface area contributed by atoms with Gasteiger partial charge in [-0.2, -0.15) is 0 Å². The third kappa shape index (κ3) is 16.8. The molecular formula is C41H64N6O10S. The van der Waals surface area contributed by atoms with Gasteiger partial charge < -0.3 is 35.8 Å². The topological polar surface area (TPSA) is 230 Å². The summed E-state index contributed by atoms with van der Waals surface area (Å²) < 4.78 is 5.63. The monoisotopic (exact) mass is 832 g/mol. The van der Waals surface area contributed by atoms with Crippen molar-refractivity contribution >= 4 is 46.7 Å². The lowest BCUT2D eigenvalue weighted by molar-refractivity contribution is -0.384. The van der Waals surface area contributed by atoms with Crippen LogP contribution in [0.1, 0.15) is 127 Å². The maximum Gasteiger partial charge on any atom is 0.307 e. The molecule has 1 aromatic carbocycles. The Bertz CT molecular complexity index is 1630. The van der Waals surface area contributed by atoms with E-state index in [1.54, 1.807) is 12.1 Å². The first-order valence-corrected chi connectivity index (χ1v) is 21.1. The smallest absolute Gasteiger partial charge is 0.307 e. The SMILES string of the molecule is CC[C@H](C)[C@H](NC(=O)CCCCCNC)C(=O)N(COC(=O)CC(C)C)[C@H](C[C@@H](O)c1nc(C(=O)N[C@@H](Cc2ccc([N+](=O)[O-])cc2)CC(C)C(=O)O)cs1)C(C)C. The Hall–Kier alpha value is -4.48. The highest BCUT2D eigenvalue weighted by Crippen LogP contribution is 2.29. The Morgan fingerprint density at radius 1 is 0.983 bits per heavy atom. The van der Waals surface area contributed by atoms with Gasteiger partial charge in [-0.3, -0.25) is 34.1 Å². The summed E-state index contributed by atoms with van der Waals surface area (Å²) in [5.41, 5.74) is 0.560. The predicted octanol–water partition coefficient (Wildman–Crippen LogP) is 5.64. The van der Waals surface area contributed by atoms with Crippen molar-refractivity contribution in [1.82, 2.24) is 25.8 Å². The van der Waals surface area contributed by atoms with Gasteiger partial charge in [0.2, 0.25) is 11.8 Å². The summed E-state index contributed by atoms with van der Waals surface area (Å²) in [5, 5.41) is 42.8. The number of hydrogen-bond acceptors (Lipinski definition) is 12. The van der Waals surface area contributed by atoms with Crippen LogP contribution in [0.2, 0.25) is 0 Å². The molecule has 0 aliphatic carbocycles. The summed E-state index contributed by atoms with van der Waals surface area (Å²) in [6, 6.07) is 3.55. The van der Waals surface area contributed by atoms with Crippen molar-refractivity contribution in [3.05, 3.63) is 56.0 Å². The highest BCUT2D eigenvalue weighted by atomic mass is 32.1. The van der Waals surface area contributed by atoms with Crippen LogP contribution in [0.15, 0.2) is 29.6 Å². The number of amides is 3. The molecule has 0 saturated heterocycles. The van der Waals surface area contributed by atoms with Crippen molar-refractivity contribution < 1.29 is 43.8 Å². The average Bonchev–Trinajstić information content (AvgIpc) is 3.67. The van der Waals surface area contributed by atoms with Crippen LogP contribution < -0.4 is 16.0 Å². The van der Waals surface area contributed by atoms with E-state index < -0.39 is 58.8 Å². The fourth-order valence-corrected chi connectivity index (χ4v) is 7.18. The van der Waals surface area contributed by atoms with E-state index in [0.29, 0.717) is 18.4 Å². The number of benzene rings is 1. The van der Waals surface area contributed by atoms with Crippen molar-refractivity contribution in [2.45, 2.75) is 130 Å². The molecule has 16 nitrogen and oxygen atoms in total. The highest BCUT2D eigenvalue weighted by Gasteiger charge is 2.37. The molecule has 2 rings (SSSR count). The lowest BCUT2D eigenvalue weighted by Gasteiger charge is -2.38. The average molecular weight is 833 g/mol. The van der Waals surface area contributed by atoms with Crippen LogP contribution >= 0.6 is 11.3 Å². The van der Waals surface area contributed by atoms with Crippen LogP contribution in [-0.4, -0.2) is 93.1 Å². The number of hydrogen-bond donors (Lipinski definition) is 5. The molecule has 5 N–H and O–H groups in total. The number of nitrogens with one attached hydrogen (secondary N) is 3. The fraction of sp³-hybridized carbons (Fsp3) is 0.659. The van der Waals surface area contributed by atoms with Crippen LogP contribution in [0.3, 0.4) is 0 Å². The number of esters is 1. The first-order valence-electron chi connectivity index (χ1n) is 20.2. The zero-order valence-electron chi connectivity index (χ0n) is 35.2. The molecule has 17 heteroatoms. The molecule has 0 aliphatic rings. The quantitative estimate of drug-likeness (QED) is 0.0242. The molecule has 2 aromatic rings. The van der Waals surface area contributed by atoms with E-state index >= 15 is 0 Å². The number of ether oxygens (including phenoxy) is 1. The molecule has 0 spiro atoms. The summed E-state index contributed by atoms with van der Waals surface area (Å²) in [7, 11) is 1.87. The number of non-ortho nitro benzene ring substituents is 1. The summed E-state index contributed by atoms with van der Waals surface area (Å²) in [5.74, 6) is -4.09. The van der Waals surface area contributed by atoms with Crippen LogP contribution in [0.5, 0.6) is 0 Å². The summed E-state index contributed by atoms with van der Waals surface area (Å²) >= 11 is 1.04. The number of nitro groups is 1. The van der Waals surface area contributed by atoms with Crippen LogP contribution in [0.4, 0.5) is 5.69 Å². The third-order valence-electron chi connectivity index (χ3n) is 10.0. The number of aliphatic carboxylic acids is 1. The zero-order valence-corrected chi connectivity index (χ0v) is 36.0. The number of rotatable bonds is 27. The number of unbranched alkanes of at least 4 members (excludes halogenated alkanes) is 2. The summed E-state index contributed by atoms with van der Waals surface area (Å²) in [6.07, 6.45) is 2.46. The van der Waals surface area contributed by atoms with Crippen molar-refractivity contribution in [2.24, 2.45) is 23.7 Å². The molecule has 0 fully saturated rings. The van der Waals surface area contributed by atoms with Crippen LogP contribution in [0, 0.1) is 33.8 Å². The van der Waals surface area contributed by atoms with E-state index in [-0.39, 0.29) is 78.9 Å². The fourth-order valence-electron chi connectivity index (χ4n) is 6.38. The Balaban J connectivity index is 2.34. The Morgan fingerprint density at radius 2 is 1.66 bits per heavy atom. The number of carbonyl (C=O) groups excluding carboxylic acids is 4. The number of carboxylic acids is 1. The Labute approximate surface area is 346 Å². The molecule has 1 unspecified atom stereocenters. The van der Waals surface area contributed by atoms with Gasteiger partial charge in [-0.15, -0.1) is 11.3 Å². The van der Waals surface area contributed by atoms with Gasteiger partial charge in [-0.05, 0) is 62.6 Å². The van der Waals surface area contributed by atoms with Gasteiger partial charge in [0.1, 0.15) is 22.8 Å². The van der Waals surface area contributed by atoms with Gasteiger partial charge in [0.15, 0.2) is 6.73 Å². The molecule has 0 radical (unpaired) electrons. The highest BCUT2D eigenvalue weighted by molar-refractivity contribution is 7.09. The van der Waals surface area contributed by atoms with Crippen LogP contribution in [-0.2, 0) is 30.3 Å². The van der Waals surface area contributed by atoms with Crippen molar-refractivity contribution in [3.8, 4) is 0 Å². The largest absolute Gasteiger partial charge is 0.481 e. The number of nitrogens with zero attached hydrogens (tertiary/aromatic N) is 3. The van der Waals surface area contributed by atoms with E-state index in [1.807, 2.05) is 48.6 Å². The lowest BCUT2D eigenvalue weighted by atomic mass is 9.93. The summed E-state index contributed by atoms with van der Waals surface area (Å²) in [6.45, 7) is 13.3. The third-order valence-corrected chi connectivity index (χ3v) is 11.0. The second-order valence-corrected chi connectivity index (χ2v) is 16.7. The molecule has 0 saturated carbocycles. The molecule has 1 heterocycles. The number of thiazole rings is 1. The number of aliphatic hydroxyl groups excluding tert-OH is 1. The van der Waals surface area contributed by atoms with E-state index in [2.05, 4.69) is 20.9 Å².